The lowest BCUT2D eigenvalue weighted by Gasteiger charge is -2.26. The van der Waals surface area contributed by atoms with E-state index in [1.165, 1.54) is 36.9 Å². The molecule has 5 heterocycles. The van der Waals surface area contributed by atoms with E-state index in [2.05, 4.69) is 30.2 Å². The van der Waals surface area contributed by atoms with Crippen molar-refractivity contribution in [3.63, 3.8) is 0 Å². The predicted molar refractivity (Wildman–Crippen MR) is 130 cm³/mol. The van der Waals surface area contributed by atoms with Gasteiger partial charge < -0.3 is 14.4 Å². The Morgan fingerprint density at radius 3 is 2.67 bits per heavy atom. The number of hydrogen-bond donors (Lipinski definition) is 1. The van der Waals surface area contributed by atoms with Crippen molar-refractivity contribution >= 4 is 38.7 Å². The van der Waals surface area contributed by atoms with Crippen molar-refractivity contribution in [3.8, 4) is 16.9 Å². The van der Waals surface area contributed by atoms with Crippen LogP contribution in [0.15, 0.2) is 30.7 Å². The fourth-order valence-electron chi connectivity index (χ4n) is 3.78. The first kappa shape index (κ1) is 23.9. The van der Waals surface area contributed by atoms with Gasteiger partial charge in [0.1, 0.15) is 17.0 Å². The molecule has 10 nitrogen and oxygen atoms in total. The number of carbonyl (C=O) groups excluding carboxylic acids is 1. The summed E-state index contributed by atoms with van der Waals surface area (Å²) in [5, 5.41) is 3.10. The van der Waals surface area contributed by atoms with Gasteiger partial charge in [0.15, 0.2) is 9.96 Å². The molecule has 0 bridgehead atoms. The van der Waals surface area contributed by atoms with Crippen molar-refractivity contribution in [2.24, 2.45) is 0 Å². The molecule has 1 saturated heterocycles. The Balaban J connectivity index is 1.46. The highest BCUT2D eigenvalue weighted by molar-refractivity contribution is 7.22. The Bertz CT molecular complexity index is 1430. The summed E-state index contributed by atoms with van der Waals surface area (Å²) in [6, 6.07) is 2.86. The Hall–Kier alpha value is -3.84. The van der Waals surface area contributed by atoms with Crippen molar-refractivity contribution in [2.45, 2.75) is 13.3 Å². The van der Waals surface area contributed by atoms with E-state index in [1.807, 2.05) is 4.90 Å². The lowest BCUT2D eigenvalue weighted by Crippen LogP contribution is -2.37. The molecule has 0 aliphatic carbocycles. The molecule has 1 aliphatic rings. The van der Waals surface area contributed by atoms with Crippen LogP contribution >= 0.6 is 11.3 Å². The van der Waals surface area contributed by atoms with E-state index in [0.29, 0.717) is 64.6 Å². The number of pyridine rings is 2. The Kier molecular flexibility index (Phi) is 6.65. The van der Waals surface area contributed by atoms with Crippen LogP contribution in [0.4, 0.5) is 19.9 Å². The summed E-state index contributed by atoms with van der Waals surface area (Å²) in [4.78, 5) is 37.3. The molecule has 13 heteroatoms. The van der Waals surface area contributed by atoms with Crippen LogP contribution in [0.1, 0.15) is 28.2 Å². The van der Waals surface area contributed by atoms with Gasteiger partial charge >= 0.3 is 0 Å². The number of fused-ring (bicyclic) bond motifs is 1. The van der Waals surface area contributed by atoms with E-state index in [4.69, 9.17) is 9.47 Å². The summed E-state index contributed by atoms with van der Waals surface area (Å²) in [6.07, 6.45) is 1.45. The molecule has 4 aromatic rings. The summed E-state index contributed by atoms with van der Waals surface area (Å²) < 4.78 is 37.4. The van der Waals surface area contributed by atoms with Gasteiger partial charge in [0.25, 0.3) is 12.3 Å². The Morgan fingerprint density at radius 1 is 1.11 bits per heavy atom. The van der Waals surface area contributed by atoms with Gasteiger partial charge in [0.2, 0.25) is 5.95 Å². The maximum absolute atomic E-state index is 13.4. The van der Waals surface area contributed by atoms with Crippen molar-refractivity contribution in [1.82, 2.24) is 24.9 Å². The lowest BCUT2D eigenvalue weighted by molar-refractivity contribution is 0.102. The normalized spacial score (nSPS) is 13.9. The third-order valence-electron chi connectivity index (χ3n) is 5.56. The fraction of sp³-hybridized carbons (Fsp3) is 0.304. The molecule has 0 unspecified atom stereocenters. The molecule has 1 fully saturated rings. The third kappa shape index (κ3) is 4.79. The molecule has 1 N–H and O–H groups in total. The van der Waals surface area contributed by atoms with Crippen LogP contribution in [0.5, 0.6) is 5.75 Å². The highest BCUT2D eigenvalue weighted by atomic mass is 32.1. The van der Waals surface area contributed by atoms with Crippen molar-refractivity contribution in [1.29, 1.82) is 0 Å². The monoisotopic (exact) mass is 513 g/mol. The molecule has 4 aromatic heterocycles. The molecular formula is C23H21F2N7O3S. The Morgan fingerprint density at radius 2 is 1.92 bits per heavy atom. The summed E-state index contributed by atoms with van der Waals surface area (Å²) in [7, 11) is 1.41. The molecule has 0 aromatic carbocycles. The average Bonchev–Trinajstić information content (AvgIpc) is 3.30. The van der Waals surface area contributed by atoms with E-state index in [1.54, 1.807) is 19.2 Å². The molecule has 0 atom stereocenters. The zero-order valence-electron chi connectivity index (χ0n) is 19.4. The maximum Gasteiger partial charge on any atom is 0.280 e. The quantitative estimate of drug-likeness (QED) is 0.410. The van der Waals surface area contributed by atoms with Crippen LogP contribution in [0.3, 0.4) is 0 Å². The number of hydrogen-bond acceptors (Lipinski definition) is 10. The lowest BCUT2D eigenvalue weighted by atomic mass is 9.99. The summed E-state index contributed by atoms with van der Waals surface area (Å²) in [6.45, 7) is 4.36. The molecule has 0 radical (unpaired) electrons. The molecule has 5 rings (SSSR count). The number of ether oxygens (including phenoxy) is 2. The second kappa shape index (κ2) is 10.0. The second-order valence-corrected chi connectivity index (χ2v) is 8.89. The largest absolute Gasteiger partial charge is 0.494 e. The van der Waals surface area contributed by atoms with E-state index in [-0.39, 0.29) is 11.3 Å². The molecule has 0 spiro atoms. The van der Waals surface area contributed by atoms with Crippen LogP contribution in [0.25, 0.3) is 21.5 Å². The number of anilines is 2. The number of amides is 1. The summed E-state index contributed by atoms with van der Waals surface area (Å²) in [5.41, 5.74) is 1.59. The van der Waals surface area contributed by atoms with Crippen LogP contribution in [-0.2, 0) is 4.74 Å². The first-order chi connectivity index (χ1) is 17.4. The minimum Gasteiger partial charge on any atom is -0.494 e. The second-order valence-electron chi connectivity index (χ2n) is 7.91. The van der Waals surface area contributed by atoms with Crippen LogP contribution < -0.4 is 15.0 Å². The molecule has 1 amide bonds. The molecular weight excluding hydrogens is 492 g/mol. The number of halogens is 2. The van der Waals surface area contributed by atoms with Gasteiger partial charge in [-0.25, -0.2) is 18.7 Å². The number of aryl methyl sites for hydroxylation is 1. The first-order valence-corrected chi connectivity index (χ1v) is 11.8. The molecule has 1 aliphatic heterocycles. The summed E-state index contributed by atoms with van der Waals surface area (Å²) >= 11 is 1.21. The highest BCUT2D eigenvalue weighted by Crippen LogP contribution is 2.35. The smallest absolute Gasteiger partial charge is 0.280 e. The zero-order valence-corrected chi connectivity index (χ0v) is 20.2. The molecule has 36 heavy (non-hydrogen) atoms. The van der Waals surface area contributed by atoms with Gasteiger partial charge in [-0.1, -0.05) is 11.3 Å². The number of alkyl halides is 2. The SMILES string of the molecule is COc1cnc(C(F)F)cc1-c1cc(C)ncc1C(=O)Nc1nc2cnc(N3CCOCC3)nc2s1. The van der Waals surface area contributed by atoms with Gasteiger partial charge in [-0.15, -0.1) is 0 Å². The molecule has 186 valence electrons. The number of morpholine rings is 1. The van der Waals surface area contributed by atoms with Crippen molar-refractivity contribution in [2.75, 3.05) is 43.6 Å². The van der Waals surface area contributed by atoms with Gasteiger partial charge in [0.05, 0.1) is 38.3 Å². The third-order valence-corrected chi connectivity index (χ3v) is 6.44. The number of nitrogens with zero attached hydrogens (tertiary/aromatic N) is 6. The maximum atomic E-state index is 13.4. The van der Waals surface area contributed by atoms with Gasteiger partial charge in [-0.2, -0.15) is 4.98 Å². The number of thiazole rings is 1. The van der Waals surface area contributed by atoms with E-state index in [0.717, 1.165) is 0 Å². The van der Waals surface area contributed by atoms with Crippen LogP contribution in [0, 0.1) is 6.92 Å². The number of carbonyl (C=O) groups is 1. The van der Waals surface area contributed by atoms with Gasteiger partial charge in [0, 0.05) is 36.1 Å². The van der Waals surface area contributed by atoms with Gasteiger partial charge in [-0.05, 0) is 19.1 Å². The molecule has 0 saturated carbocycles. The van der Waals surface area contributed by atoms with Crippen LogP contribution in [0.2, 0.25) is 0 Å². The van der Waals surface area contributed by atoms with E-state index in [9.17, 15) is 13.6 Å². The number of rotatable bonds is 6. The standard InChI is InChI=1S/C23H21F2N7O3S/c1-12-7-13(14-8-16(19(24)25)27-11-18(14)34-2)15(9-26-12)20(33)30-23-29-17-10-28-22(31-21(17)36-23)32-3-5-35-6-4-32/h7-11,19H,3-6H2,1-2H3,(H,29,30,33). The predicted octanol–water partition coefficient (Wildman–Crippen LogP) is 3.89. The van der Waals surface area contributed by atoms with Gasteiger partial charge in [-0.3, -0.25) is 20.1 Å². The topological polar surface area (TPSA) is 115 Å². The first-order valence-electron chi connectivity index (χ1n) is 11.0. The Labute approximate surface area is 208 Å². The van der Waals surface area contributed by atoms with Crippen LogP contribution in [-0.4, -0.2) is 64.2 Å². The van der Waals surface area contributed by atoms with Crippen molar-refractivity contribution in [3.05, 3.63) is 47.7 Å². The zero-order chi connectivity index (χ0) is 25.2. The minimum atomic E-state index is -2.78. The minimum absolute atomic E-state index is 0.171. The number of methoxy groups -OCH3 is 1. The summed E-state index contributed by atoms with van der Waals surface area (Å²) in [5.74, 6) is 0.331. The highest BCUT2D eigenvalue weighted by Gasteiger charge is 2.22. The fourth-order valence-corrected chi connectivity index (χ4v) is 4.58. The number of nitrogens with one attached hydrogen (secondary N) is 1. The van der Waals surface area contributed by atoms with E-state index < -0.39 is 18.0 Å². The van der Waals surface area contributed by atoms with E-state index >= 15 is 0 Å². The van der Waals surface area contributed by atoms with Crippen molar-refractivity contribution < 1.29 is 23.0 Å². The number of aromatic nitrogens is 5. The average molecular weight is 514 g/mol.